The Labute approximate surface area is 163 Å². The minimum atomic E-state index is -0.694. The molecule has 6 nitrogen and oxygen atoms in total. The number of hydrogen-bond acceptors (Lipinski definition) is 4. The van der Waals surface area contributed by atoms with Gasteiger partial charge in [0.25, 0.3) is 0 Å². The zero-order chi connectivity index (χ0) is 20.2. The summed E-state index contributed by atoms with van der Waals surface area (Å²) >= 11 is 1.19. The highest BCUT2D eigenvalue weighted by Gasteiger charge is 2.10. The van der Waals surface area contributed by atoms with Gasteiger partial charge in [0.15, 0.2) is 5.84 Å². The second kappa shape index (κ2) is 12.1. The van der Waals surface area contributed by atoms with Crippen LogP contribution in [0.1, 0.15) is 45.6 Å². The first-order valence-electron chi connectivity index (χ1n) is 8.71. The molecule has 0 bridgehead atoms. The van der Waals surface area contributed by atoms with Gasteiger partial charge in [-0.05, 0) is 31.5 Å². The molecule has 1 rings (SSSR count). The zero-order valence-corrected chi connectivity index (χ0v) is 16.9. The number of carbonyl (C=O) groups is 2. The Morgan fingerprint density at radius 3 is 2.63 bits per heavy atom. The van der Waals surface area contributed by atoms with E-state index in [9.17, 15) is 14.0 Å². The van der Waals surface area contributed by atoms with Crippen molar-refractivity contribution >= 4 is 46.4 Å². The third-order valence-corrected chi connectivity index (χ3v) is 4.38. The smallest absolute Gasteiger partial charge is 0.303 e. The van der Waals surface area contributed by atoms with Crippen LogP contribution in [0.15, 0.2) is 33.2 Å². The lowest BCUT2D eigenvalue weighted by molar-refractivity contribution is -0.116. The van der Waals surface area contributed by atoms with Crippen LogP contribution in [-0.4, -0.2) is 41.7 Å². The Hall–Kier alpha value is -2.35. The first-order valence-corrected chi connectivity index (χ1v) is 9.69. The van der Waals surface area contributed by atoms with Gasteiger partial charge >= 0.3 is 6.03 Å². The average Bonchev–Trinajstić information content (AvgIpc) is 2.65. The number of thioether (sulfide) groups is 1. The van der Waals surface area contributed by atoms with Crippen molar-refractivity contribution in [3.63, 3.8) is 0 Å². The molecule has 1 N–H and O–H groups in total. The summed E-state index contributed by atoms with van der Waals surface area (Å²) in [4.78, 5) is 35.3. The van der Waals surface area contributed by atoms with Gasteiger partial charge in [-0.3, -0.25) is 9.79 Å². The molecule has 8 heteroatoms. The topological polar surface area (TPSA) is 83.2 Å². The summed E-state index contributed by atoms with van der Waals surface area (Å²) in [7, 11) is 1.59. The molecular weight excluding hydrogens is 367 g/mol. The van der Waals surface area contributed by atoms with E-state index in [0.29, 0.717) is 22.9 Å². The quantitative estimate of drug-likeness (QED) is 0.537. The van der Waals surface area contributed by atoms with Crippen LogP contribution >= 0.6 is 11.8 Å². The van der Waals surface area contributed by atoms with Crippen LogP contribution in [0.4, 0.5) is 14.9 Å². The minimum Gasteiger partial charge on any atom is -0.303 e. The van der Waals surface area contributed by atoms with Crippen molar-refractivity contribution in [2.75, 3.05) is 18.1 Å². The van der Waals surface area contributed by atoms with Gasteiger partial charge in [0.2, 0.25) is 0 Å². The van der Waals surface area contributed by atoms with Crippen LogP contribution in [0.5, 0.6) is 0 Å². The number of unbranched alkanes of at least 4 members (excludes halogenated alkanes) is 1. The third-order valence-electron chi connectivity index (χ3n) is 3.41. The Balaban J connectivity index is 2.79. The molecule has 0 aliphatic heterocycles. The minimum absolute atomic E-state index is 0.0166. The van der Waals surface area contributed by atoms with E-state index in [0.717, 1.165) is 12.8 Å². The van der Waals surface area contributed by atoms with Crippen molar-refractivity contribution in [1.82, 2.24) is 0 Å². The summed E-state index contributed by atoms with van der Waals surface area (Å²) in [6.07, 6.45) is 3.96. The van der Waals surface area contributed by atoms with E-state index in [1.54, 1.807) is 33.2 Å². The van der Waals surface area contributed by atoms with Crippen LogP contribution in [0.25, 0.3) is 0 Å². The van der Waals surface area contributed by atoms with E-state index >= 15 is 0 Å². The number of halogens is 1. The molecule has 0 saturated carbocycles. The first-order chi connectivity index (χ1) is 12.9. The van der Waals surface area contributed by atoms with Crippen molar-refractivity contribution in [3.05, 3.63) is 29.6 Å². The lowest BCUT2D eigenvalue weighted by Gasteiger charge is -2.07. The van der Waals surface area contributed by atoms with Crippen LogP contribution in [-0.2, 0) is 4.79 Å². The van der Waals surface area contributed by atoms with E-state index in [-0.39, 0.29) is 17.2 Å². The molecule has 0 aromatic heterocycles. The Bertz CT molecular complexity index is 760. The molecule has 0 aliphatic carbocycles. The van der Waals surface area contributed by atoms with Crippen molar-refractivity contribution in [2.45, 2.75) is 40.0 Å². The summed E-state index contributed by atoms with van der Waals surface area (Å²) in [5.74, 6) is 0.159. The first kappa shape index (κ1) is 22.7. The maximum Gasteiger partial charge on any atom is 0.346 e. The maximum absolute atomic E-state index is 14.3. The molecule has 0 spiro atoms. The number of nitrogens with one attached hydrogen (secondary N) is 1. The molecule has 146 valence electrons. The number of amides is 2. The lowest BCUT2D eigenvalue weighted by Crippen LogP contribution is -2.11. The van der Waals surface area contributed by atoms with Gasteiger partial charge in [0.1, 0.15) is 11.6 Å². The highest BCUT2D eigenvalue weighted by atomic mass is 32.2. The maximum atomic E-state index is 14.3. The lowest BCUT2D eigenvalue weighted by atomic mass is 10.1. The van der Waals surface area contributed by atoms with E-state index in [1.165, 1.54) is 23.9 Å². The molecule has 0 saturated heterocycles. The summed E-state index contributed by atoms with van der Waals surface area (Å²) in [6, 6.07) is 3.66. The number of aliphatic imine (C=N–C) groups is 3. The number of carbonyl (C=O) groups excluding carboxylic acids is 2. The van der Waals surface area contributed by atoms with E-state index in [2.05, 4.69) is 20.3 Å². The number of amidine groups is 1. The molecule has 2 amide bonds. The van der Waals surface area contributed by atoms with Gasteiger partial charge in [-0.15, -0.1) is 11.8 Å². The summed E-state index contributed by atoms with van der Waals surface area (Å²) in [5.41, 5.74) is 0.539. The SMILES string of the molecule is CCCC=NC(=NC)c1ccc(NC(=O)N=C(C)SCC(=O)CC)c(F)c1. The standard InChI is InChI=1S/C19H25FN4O2S/c1-5-7-10-22-18(21-4)14-8-9-17(16(20)11-14)24-19(26)23-13(3)27-12-15(25)6-2/h8-11H,5-7,12H2,1-4H3,(H,24,26). The predicted molar refractivity (Wildman–Crippen MR) is 112 cm³/mol. The highest BCUT2D eigenvalue weighted by Crippen LogP contribution is 2.17. The van der Waals surface area contributed by atoms with E-state index < -0.39 is 11.8 Å². The molecule has 0 atom stereocenters. The number of hydrogen-bond donors (Lipinski definition) is 1. The summed E-state index contributed by atoms with van der Waals surface area (Å²) in [6.45, 7) is 5.44. The fourth-order valence-electron chi connectivity index (χ4n) is 1.90. The summed E-state index contributed by atoms with van der Waals surface area (Å²) in [5, 5.41) is 2.84. The van der Waals surface area contributed by atoms with Gasteiger partial charge in [-0.25, -0.2) is 14.2 Å². The van der Waals surface area contributed by atoms with E-state index in [1.807, 2.05) is 6.92 Å². The van der Waals surface area contributed by atoms with Crippen LogP contribution in [0, 0.1) is 5.82 Å². The van der Waals surface area contributed by atoms with Crippen molar-refractivity contribution < 1.29 is 14.0 Å². The van der Waals surface area contributed by atoms with Crippen molar-refractivity contribution in [3.8, 4) is 0 Å². The number of rotatable bonds is 7. The second-order valence-electron chi connectivity index (χ2n) is 5.58. The van der Waals surface area contributed by atoms with Crippen molar-refractivity contribution in [1.29, 1.82) is 0 Å². The Morgan fingerprint density at radius 1 is 1.30 bits per heavy atom. The van der Waals surface area contributed by atoms with Gasteiger partial charge in [-0.2, -0.15) is 4.99 Å². The average molecular weight is 393 g/mol. The molecule has 0 unspecified atom stereocenters. The molecule has 1 aromatic rings. The van der Waals surface area contributed by atoms with E-state index in [4.69, 9.17) is 0 Å². The highest BCUT2D eigenvalue weighted by molar-refractivity contribution is 8.14. The normalized spacial score (nSPS) is 12.5. The monoisotopic (exact) mass is 392 g/mol. The predicted octanol–water partition coefficient (Wildman–Crippen LogP) is 4.74. The zero-order valence-electron chi connectivity index (χ0n) is 16.1. The molecule has 27 heavy (non-hydrogen) atoms. The van der Waals surface area contributed by atoms with Crippen LogP contribution < -0.4 is 5.32 Å². The molecule has 0 fully saturated rings. The molecular formula is C19H25FN4O2S. The van der Waals surface area contributed by atoms with Gasteiger partial charge in [0.05, 0.1) is 16.5 Å². The fourth-order valence-corrected chi connectivity index (χ4v) is 2.62. The number of benzene rings is 1. The number of ketones is 1. The van der Waals surface area contributed by atoms with Crippen LogP contribution in [0.2, 0.25) is 0 Å². The number of Topliss-reactive ketones (excluding diaryl/α,β-unsaturated/α-hetero) is 1. The van der Waals surface area contributed by atoms with Crippen LogP contribution in [0.3, 0.4) is 0 Å². The number of urea groups is 1. The van der Waals surface area contributed by atoms with Crippen molar-refractivity contribution in [2.24, 2.45) is 15.0 Å². The van der Waals surface area contributed by atoms with Gasteiger partial charge in [-0.1, -0.05) is 20.3 Å². The molecule has 0 aliphatic rings. The summed E-state index contributed by atoms with van der Waals surface area (Å²) < 4.78 is 14.3. The fraction of sp³-hybridized carbons (Fsp3) is 0.421. The van der Waals surface area contributed by atoms with Gasteiger partial charge < -0.3 is 5.32 Å². The van der Waals surface area contributed by atoms with Gasteiger partial charge in [0, 0.05) is 25.2 Å². The third kappa shape index (κ3) is 8.25. The Kier molecular flexibility index (Phi) is 10.2. The number of anilines is 1. The Morgan fingerprint density at radius 2 is 2.04 bits per heavy atom. The molecule has 0 radical (unpaired) electrons. The second-order valence-corrected chi connectivity index (χ2v) is 6.75. The number of nitrogens with zero attached hydrogens (tertiary/aromatic N) is 3. The largest absolute Gasteiger partial charge is 0.346 e. The molecule has 0 heterocycles. The molecule has 1 aromatic carbocycles.